The van der Waals surface area contributed by atoms with Crippen LogP contribution in [0.25, 0.3) is 11.2 Å². The molecular weight excluding hydrogens is 340 g/mol. The maximum Gasteiger partial charge on any atom is 0.250 e. The van der Waals surface area contributed by atoms with E-state index in [0.29, 0.717) is 5.56 Å². The molecule has 3 aromatic rings. The Hall–Kier alpha value is -2.62. The van der Waals surface area contributed by atoms with Gasteiger partial charge in [-0.15, -0.1) is 0 Å². The molecule has 0 aliphatic carbocycles. The first-order valence-electron chi connectivity index (χ1n) is 6.80. The molecule has 3 rings (SSSR count). The molecule has 0 aliphatic heterocycles. The minimum Gasteiger partial charge on any atom is -0.382 e. The van der Waals surface area contributed by atoms with Gasteiger partial charge in [0.25, 0.3) is 5.16 Å². The first-order valence-corrected chi connectivity index (χ1v) is 8.69. The van der Waals surface area contributed by atoms with E-state index in [0.717, 1.165) is 12.3 Å². The van der Waals surface area contributed by atoms with Crippen LogP contribution in [0, 0.1) is 18.6 Å². The highest BCUT2D eigenvalue weighted by molar-refractivity contribution is 7.90. The van der Waals surface area contributed by atoms with Gasteiger partial charge in [0, 0.05) is 11.8 Å². The monoisotopic (exact) mass is 353 g/mol. The fourth-order valence-electron chi connectivity index (χ4n) is 2.26. The van der Waals surface area contributed by atoms with Crippen LogP contribution in [-0.2, 0) is 16.4 Å². The van der Waals surface area contributed by atoms with E-state index < -0.39 is 26.6 Å². The van der Waals surface area contributed by atoms with Gasteiger partial charge in [0.2, 0.25) is 9.84 Å². The molecule has 0 bridgehead atoms. The van der Waals surface area contributed by atoms with Crippen LogP contribution in [0.5, 0.6) is 0 Å². The van der Waals surface area contributed by atoms with E-state index in [1.54, 1.807) is 0 Å². The standard InChI is InChI=1S/C14H13F2N5O2S/c1-7-3-4-9(15)8(10(7)16)5-21-6-18-11-12(17)19-14(20-13(11)21)24(2,22)23/h3-4,6H,5H2,1-2H3,(H2,17,19,20). The lowest BCUT2D eigenvalue weighted by Crippen LogP contribution is -2.10. The summed E-state index contributed by atoms with van der Waals surface area (Å²) in [4.78, 5) is 11.6. The highest BCUT2D eigenvalue weighted by atomic mass is 32.2. The number of aryl methyl sites for hydroxylation is 1. The molecule has 0 unspecified atom stereocenters. The minimum absolute atomic E-state index is 0.0863. The predicted molar refractivity (Wildman–Crippen MR) is 83.0 cm³/mol. The van der Waals surface area contributed by atoms with Crippen molar-refractivity contribution in [2.45, 2.75) is 18.6 Å². The Morgan fingerprint density at radius 3 is 2.62 bits per heavy atom. The van der Waals surface area contributed by atoms with Gasteiger partial charge in [-0.1, -0.05) is 6.07 Å². The van der Waals surface area contributed by atoms with Crippen molar-refractivity contribution in [1.82, 2.24) is 19.5 Å². The number of anilines is 1. The molecular formula is C14H13F2N5O2S. The summed E-state index contributed by atoms with van der Waals surface area (Å²) in [7, 11) is -3.70. The Morgan fingerprint density at radius 2 is 1.96 bits per heavy atom. The largest absolute Gasteiger partial charge is 0.382 e. The average Bonchev–Trinajstić information content (AvgIpc) is 2.90. The van der Waals surface area contributed by atoms with E-state index >= 15 is 0 Å². The van der Waals surface area contributed by atoms with E-state index in [2.05, 4.69) is 15.0 Å². The average molecular weight is 353 g/mol. The maximum atomic E-state index is 14.2. The van der Waals surface area contributed by atoms with E-state index in [4.69, 9.17) is 5.73 Å². The molecule has 0 amide bonds. The lowest BCUT2D eigenvalue weighted by molar-refractivity contribution is 0.540. The Balaban J connectivity index is 2.18. The third kappa shape index (κ3) is 2.68. The molecule has 0 saturated heterocycles. The van der Waals surface area contributed by atoms with Crippen molar-refractivity contribution < 1.29 is 17.2 Å². The zero-order valence-electron chi connectivity index (χ0n) is 12.8. The number of benzene rings is 1. The molecule has 126 valence electrons. The number of sulfone groups is 1. The summed E-state index contributed by atoms with van der Waals surface area (Å²) in [5.41, 5.74) is 6.07. The summed E-state index contributed by atoms with van der Waals surface area (Å²) in [6.07, 6.45) is 2.22. The summed E-state index contributed by atoms with van der Waals surface area (Å²) in [6, 6.07) is 2.50. The van der Waals surface area contributed by atoms with Gasteiger partial charge in [0.1, 0.15) is 17.2 Å². The lowest BCUT2D eigenvalue weighted by atomic mass is 10.1. The van der Waals surface area contributed by atoms with Crippen molar-refractivity contribution in [3.05, 3.63) is 41.2 Å². The van der Waals surface area contributed by atoms with Crippen molar-refractivity contribution in [2.75, 3.05) is 12.0 Å². The maximum absolute atomic E-state index is 14.2. The lowest BCUT2D eigenvalue weighted by Gasteiger charge is -2.09. The molecule has 0 fully saturated rings. The van der Waals surface area contributed by atoms with Crippen LogP contribution in [0.3, 0.4) is 0 Å². The number of nitrogen functional groups attached to an aromatic ring is 1. The molecule has 0 radical (unpaired) electrons. The van der Waals surface area contributed by atoms with E-state index in [-0.39, 0.29) is 29.1 Å². The second-order valence-corrected chi connectivity index (χ2v) is 7.27. The molecule has 0 saturated carbocycles. The summed E-state index contributed by atoms with van der Waals surface area (Å²) in [5.74, 6) is -1.52. The first kappa shape index (κ1) is 16.2. The molecule has 0 atom stereocenters. The number of imidazole rings is 1. The van der Waals surface area contributed by atoms with Crippen molar-refractivity contribution in [3.8, 4) is 0 Å². The Kier molecular flexibility index (Phi) is 3.71. The number of nitrogens with two attached hydrogens (primary N) is 1. The molecule has 2 heterocycles. The zero-order valence-corrected chi connectivity index (χ0v) is 13.6. The molecule has 24 heavy (non-hydrogen) atoms. The summed E-state index contributed by atoms with van der Waals surface area (Å²) in [5, 5.41) is -0.473. The Morgan fingerprint density at radius 1 is 1.25 bits per heavy atom. The van der Waals surface area contributed by atoms with Gasteiger partial charge in [0.15, 0.2) is 11.5 Å². The number of hydrogen-bond donors (Lipinski definition) is 1. The van der Waals surface area contributed by atoms with Gasteiger partial charge in [0.05, 0.1) is 12.9 Å². The number of aromatic nitrogens is 4. The van der Waals surface area contributed by atoms with E-state index in [1.807, 2.05) is 0 Å². The van der Waals surface area contributed by atoms with Gasteiger partial charge >= 0.3 is 0 Å². The predicted octanol–water partition coefficient (Wildman–Crippen LogP) is 1.45. The fraction of sp³-hybridized carbons (Fsp3) is 0.214. The number of hydrogen-bond acceptors (Lipinski definition) is 6. The van der Waals surface area contributed by atoms with E-state index in [9.17, 15) is 17.2 Å². The van der Waals surface area contributed by atoms with Gasteiger partial charge in [-0.05, 0) is 18.6 Å². The first-order chi connectivity index (χ1) is 11.2. The number of halogens is 2. The second kappa shape index (κ2) is 5.48. The van der Waals surface area contributed by atoms with Crippen LogP contribution in [0.2, 0.25) is 0 Å². The summed E-state index contributed by atoms with van der Waals surface area (Å²) >= 11 is 0. The topological polar surface area (TPSA) is 104 Å². The third-order valence-electron chi connectivity index (χ3n) is 3.51. The van der Waals surface area contributed by atoms with Gasteiger partial charge in [-0.3, -0.25) is 0 Å². The summed E-state index contributed by atoms with van der Waals surface area (Å²) < 4.78 is 52.7. The van der Waals surface area contributed by atoms with Gasteiger partial charge in [-0.25, -0.2) is 22.2 Å². The molecule has 1 aromatic carbocycles. The van der Waals surface area contributed by atoms with Crippen molar-refractivity contribution in [1.29, 1.82) is 0 Å². The third-order valence-corrected chi connectivity index (χ3v) is 4.36. The zero-order chi connectivity index (χ0) is 17.6. The molecule has 2 aromatic heterocycles. The molecule has 7 nitrogen and oxygen atoms in total. The highest BCUT2D eigenvalue weighted by Gasteiger charge is 2.19. The summed E-state index contributed by atoms with van der Waals surface area (Å²) in [6.45, 7) is 1.31. The highest BCUT2D eigenvalue weighted by Crippen LogP contribution is 2.22. The van der Waals surface area contributed by atoms with Gasteiger partial charge in [-0.2, -0.15) is 9.97 Å². The van der Waals surface area contributed by atoms with Crippen molar-refractivity contribution in [2.24, 2.45) is 0 Å². The minimum atomic E-state index is -3.70. The van der Waals surface area contributed by atoms with Crippen LogP contribution in [-0.4, -0.2) is 34.2 Å². The Labute approximate surface area is 136 Å². The SMILES string of the molecule is Cc1ccc(F)c(Cn2cnc3c(N)nc(S(C)(=O)=O)nc32)c1F. The number of rotatable bonds is 3. The van der Waals surface area contributed by atoms with E-state index in [1.165, 1.54) is 23.9 Å². The number of fused-ring (bicyclic) bond motifs is 1. The van der Waals surface area contributed by atoms with Crippen molar-refractivity contribution in [3.63, 3.8) is 0 Å². The van der Waals surface area contributed by atoms with Gasteiger partial charge < -0.3 is 10.3 Å². The fourth-order valence-corrected chi connectivity index (χ4v) is 2.77. The second-order valence-electron chi connectivity index (χ2n) is 5.37. The molecule has 2 N–H and O–H groups in total. The van der Waals surface area contributed by atoms with Crippen LogP contribution in [0.15, 0.2) is 23.6 Å². The molecule has 0 spiro atoms. The van der Waals surface area contributed by atoms with Crippen LogP contribution in [0.4, 0.5) is 14.6 Å². The van der Waals surface area contributed by atoms with Crippen LogP contribution in [0.1, 0.15) is 11.1 Å². The normalized spacial score (nSPS) is 12.0. The smallest absolute Gasteiger partial charge is 0.250 e. The molecule has 0 aliphatic rings. The quantitative estimate of drug-likeness (QED) is 0.715. The number of nitrogens with zero attached hydrogens (tertiary/aromatic N) is 4. The van der Waals surface area contributed by atoms with Crippen LogP contribution >= 0.6 is 0 Å². The van der Waals surface area contributed by atoms with Crippen molar-refractivity contribution >= 4 is 26.8 Å². The Bertz CT molecular complexity index is 1060. The molecule has 10 heteroatoms. The van der Waals surface area contributed by atoms with Crippen LogP contribution < -0.4 is 5.73 Å².